The molecule has 2 N–H and O–H groups in total. The van der Waals surface area contributed by atoms with Crippen molar-refractivity contribution in [1.29, 1.82) is 0 Å². The average Bonchev–Trinajstić information content (AvgIpc) is 2.41. The van der Waals surface area contributed by atoms with E-state index in [0.29, 0.717) is 6.42 Å². The summed E-state index contributed by atoms with van der Waals surface area (Å²) in [6, 6.07) is 10.5. The van der Waals surface area contributed by atoms with Gasteiger partial charge in [0, 0.05) is 22.5 Å². The van der Waals surface area contributed by atoms with E-state index in [2.05, 4.69) is 15.9 Å². The minimum atomic E-state index is -0.247. The van der Waals surface area contributed by atoms with Crippen LogP contribution in [0.4, 0.5) is 4.39 Å². The third kappa shape index (κ3) is 2.45. The Hall–Kier alpha value is -1.39. The maximum atomic E-state index is 13.5. The molecule has 0 fully saturated rings. The zero-order chi connectivity index (χ0) is 14.3. The Morgan fingerprint density at radius 2 is 2.00 bits per heavy atom. The number of halogens is 2. The first kappa shape index (κ1) is 13.6. The fourth-order valence-corrected chi connectivity index (χ4v) is 2.96. The third-order valence-electron chi connectivity index (χ3n) is 3.70. The molecule has 20 heavy (non-hydrogen) atoms. The maximum Gasteiger partial charge on any atom is 0.126 e. The summed E-state index contributed by atoms with van der Waals surface area (Å²) in [7, 11) is 0. The topological polar surface area (TPSA) is 35.2 Å². The Morgan fingerprint density at radius 1 is 1.20 bits per heavy atom. The summed E-state index contributed by atoms with van der Waals surface area (Å²) in [6.45, 7) is 1.96. The van der Waals surface area contributed by atoms with Crippen molar-refractivity contribution < 1.29 is 9.13 Å². The number of nitrogens with two attached hydrogens (primary N) is 1. The van der Waals surface area contributed by atoms with Crippen LogP contribution in [-0.4, -0.2) is 0 Å². The second kappa shape index (κ2) is 5.19. The van der Waals surface area contributed by atoms with Gasteiger partial charge in [-0.05, 0) is 42.3 Å². The van der Waals surface area contributed by atoms with E-state index in [1.54, 1.807) is 6.07 Å². The molecule has 2 aromatic carbocycles. The van der Waals surface area contributed by atoms with Crippen LogP contribution in [0.1, 0.15) is 35.3 Å². The first-order valence-corrected chi connectivity index (χ1v) is 7.31. The minimum absolute atomic E-state index is 0.0977. The summed E-state index contributed by atoms with van der Waals surface area (Å²) >= 11 is 3.43. The van der Waals surface area contributed by atoms with Crippen molar-refractivity contribution >= 4 is 15.9 Å². The highest BCUT2D eigenvalue weighted by Gasteiger charge is 2.28. The van der Waals surface area contributed by atoms with Gasteiger partial charge in [0.15, 0.2) is 0 Å². The SMILES string of the molecule is Cc1ccc(F)cc1C1C[C@@H](N)c2ccc(Br)cc2O1. The molecule has 1 aliphatic heterocycles. The number of benzene rings is 2. The number of aryl methyl sites for hydroxylation is 1. The first-order valence-electron chi connectivity index (χ1n) is 6.52. The molecule has 2 aromatic rings. The standard InChI is InChI=1S/C16H15BrFNO/c1-9-2-4-11(18)7-13(9)16-8-14(19)12-5-3-10(17)6-15(12)20-16/h2-7,14,16H,8,19H2,1H3/t14-,16?/m1/s1. The molecule has 1 heterocycles. The molecule has 0 aliphatic carbocycles. The Kier molecular flexibility index (Phi) is 3.52. The molecule has 4 heteroatoms. The predicted molar refractivity (Wildman–Crippen MR) is 80.2 cm³/mol. The highest BCUT2D eigenvalue weighted by molar-refractivity contribution is 9.10. The summed E-state index contributed by atoms with van der Waals surface area (Å²) in [5.74, 6) is 0.523. The molecular weight excluding hydrogens is 321 g/mol. The highest BCUT2D eigenvalue weighted by atomic mass is 79.9. The molecule has 2 atom stereocenters. The molecule has 0 saturated carbocycles. The second-order valence-electron chi connectivity index (χ2n) is 5.13. The van der Waals surface area contributed by atoms with Gasteiger partial charge in [0.1, 0.15) is 17.7 Å². The van der Waals surface area contributed by atoms with Gasteiger partial charge in [0.25, 0.3) is 0 Å². The van der Waals surface area contributed by atoms with Crippen LogP contribution in [-0.2, 0) is 0 Å². The number of ether oxygens (including phenoxy) is 1. The summed E-state index contributed by atoms with van der Waals surface area (Å²) in [4.78, 5) is 0. The first-order chi connectivity index (χ1) is 9.54. The zero-order valence-electron chi connectivity index (χ0n) is 11.1. The summed E-state index contributed by atoms with van der Waals surface area (Å²) in [5, 5.41) is 0. The lowest BCUT2D eigenvalue weighted by molar-refractivity contribution is 0.160. The van der Waals surface area contributed by atoms with E-state index < -0.39 is 0 Å². The van der Waals surface area contributed by atoms with Gasteiger partial charge in [-0.2, -0.15) is 0 Å². The van der Waals surface area contributed by atoms with Crippen LogP contribution in [0.3, 0.4) is 0 Å². The molecule has 1 unspecified atom stereocenters. The van der Waals surface area contributed by atoms with E-state index in [9.17, 15) is 4.39 Å². The van der Waals surface area contributed by atoms with Crippen LogP contribution in [0.2, 0.25) is 0 Å². The molecule has 0 spiro atoms. The summed E-state index contributed by atoms with van der Waals surface area (Å²) in [6.07, 6.45) is 0.446. The molecular formula is C16H15BrFNO. The van der Waals surface area contributed by atoms with Gasteiger partial charge < -0.3 is 10.5 Å². The molecule has 0 amide bonds. The smallest absolute Gasteiger partial charge is 0.126 e. The van der Waals surface area contributed by atoms with Crippen LogP contribution < -0.4 is 10.5 Å². The van der Waals surface area contributed by atoms with Gasteiger partial charge in [-0.25, -0.2) is 4.39 Å². The molecule has 0 radical (unpaired) electrons. The maximum absolute atomic E-state index is 13.5. The van der Waals surface area contributed by atoms with Crippen molar-refractivity contribution in [1.82, 2.24) is 0 Å². The largest absolute Gasteiger partial charge is 0.485 e. The minimum Gasteiger partial charge on any atom is -0.485 e. The number of rotatable bonds is 1. The zero-order valence-corrected chi connectivity index (χ0v) is 12.7. The van der Waals surface area contributed by atoms with Crippen molar-refractivity contribution in [3.63, 3.8) is 0 Å². The van der Waals surface area contributed by atoms with Gasteiger partial charge in [-0.3, -0.25) is 0 Å². The van der Waals surface area contributed by atoms with E-state index >= 15 is 0 Å². The van der Waals surface area contributed by atoms with Crippen LogP contribution in [0, 0.1) is 12.7 Å². The van der Waals surface area contributed by atoms with Gasteiger partial charge in [0.05, 0.1) is 0 Å². The van der Waals surface area contributed by atoms with E-state index in [1.165, 1.54) is 12.1 Å². The average molecular weight is 336 g/mol. The summed E-state index contributed by atoms with van der Waals surface area (Å²) < 4.78 is 20.4. The summed E-state index contributed by atoms with van der Waals surface area (Å²) in [5.41, 5.74) is 9.10. The fourth-order valence-electron chi connectivity index (χ4n) is 2.62. The quantitative estimate of drug-likeness (QED) is 0.837. The fraction of sp³-hybridized carbons (Fsp3) is 0.250. The van der Waals surface area contributed by atoms with Crippen LogP contribution in [0.5, 0.6) is 5.75 Å². The lowest BCUT2D eigenvalue weighted by Gasteiger charge is -2.31. The molecule has 0 bridgehead atoms. The van der Waals surface area contributed by atoms with Crippen LogP contribution >= 0.6 is 15.9 Å². The van der Waals surface area contributed by atoms with Gasteiger partial charge >= 0.3 is 0 Å². The van der Waals surface area contributed by atoms with E-state index in [0.717, 1.165) is 26.9 Å². The van der Waals surface area contributed by atoms with Gasteiger partial charge in [-0.15, -0.1) is 0 Å². The van der Waals surface area contributed by atoms with Gasteiger partial charge in [0.2, 0.25) is 0 Å². The van der Waals surface area contributed by atoms with E-state index in [1.807, 2.05) is 25.1 Å². The normalized spacial score (nSPS) is 21.2. The van der Waals surface area contributed by atoms with E-state index in [-0.39, 0.29) is 18.0 Å². The Balaban J connectivity index is 2.00. The Labute approximate surface area is 125 Å². The highest BCUT2D eigenvalue weighted by Crippen LogP contribution is 2.41. The molecule has 2 nitrogen and oxygen atoms in total. The molecule has 1 aliphatic rings. The van der Waals surface area contributed by atoms with Crippen LogP contribution in [0.25, 0.3) is 0 Å². The second-order valence-corrected chi connectivity index (χ2v) is 6.05. The van der Waals surface area contributed by atoms with E-state index in [4.69, 9.17) is 10.5 Å². The van der Waals surface area contributed by atoms with Crippen LogP contribution in [0.15, 0.2) is 40.9 Å². The molecule has 0 saturated heterocycles. The van der Waals surface area contributed by atoms with Crippen molar-refractivity contribution in [3.05, 3.63) is 63.4 Å². The number of hydrogen-bond donors (Lipinski definition) is 1. The lowest BCUT2D eigenvalue weighted by atomic mass is 9.92. The van der Waals surface area contributed by atoms with Crippen molar-refractivity contribution in [2.24, 2.45) is 5.73 Å². The molecule has 3 rings (SSSR count). The van der Waals surface area contributed by atoms with Crippen molar-refractivity contribution in [2.45, 2.75) is 25.5 Å². The number of hydrogen-bond acceptors (Lipinski definition) is 2. The predicted octanol–water partition coefficient (Wildman–Crippen LogP) is 4.42. The Morgan fingerprint density at radius 3 is 2.80 bits per heavy atom. The third-order valence-corrected chi connectivity index (χ3v) is 4.19. The van der Waals surface area contributed by atoms with Crippen molar-refractivity contribution in [2.75, 3.05) is 0 Å². The monoisotopic (exact) mass is 335 g/mol. The lowest BCUT2D eigenvalue weighted by Crippen LogP contribution is -2.24. The number of fused-ring (bicyclic) bond motifs is 1. The molecule has 104 valence electrons. The van der Waals surface area contributed by atoms with Gasteiger partial charge in [-0.1, -0.05) is 28.1 Å². The van der Waals surface area contributed by atoms with Crippen molar-refractivity contribution in [3.8, 4) is 5.75 Å². The Bertz CT molecular complexity index is 659. The molecule has 0 aromatic heterocycles.